The van der Waals surface area contributed by atoms with Gasteiger partial charge in [0.05, 0.1) is 23.8 Å². The minimum Gasteiger partial charge on any atom is -0.387 e. The van der Waals surface area contributed by atoms with E-state index in [9.17, 15) is 14.7 Å². The van der Waals surface area contributed by atoms with Gasteiger partial charge in [-0.2, -0.15) is 0 Å². The number of carbonyl (C=O) groups excluding carboxylic acids is 2. The Morgan fingerprint density at radius 1 is 0.917 bits per heavy atom. The standard InChI is InChI=1S/C20H21NO3/c1-20(2,3)14-10-8-13(9-11-14)17(22)12-21-18(23)15-6-4-5-7-16(15)19(21)24/h4-11,17,22H,12H2,1-3H3/t17-/m0/s1. The highest BCUT2D eigenvalue weighted by atomic mass is 16.3. The van der Waals surface area contributed by atoms with Crippen LogP contribution < -0.4 is 0 Å². The van der Waals surface area contributed by atoms with Gasteiger partial charge in [-0.05, 0) is 28.7 Å². The van der Waals surface area contributed by atoms with Crippen LogP contribution in [0.4, 0.5) is 0 Å². The summed E-state index contributed by atoms with van der Waals surface area (Å²) in [5.41, 5.74) is 2.70. The van der Waals surface area contributed by atoms with Gasteiger partial charge in [0.15, 0.2) is 0 Å². The molecule has 1 aliphatic rings. The number of benzene rings is 2. The van der Waals surface area contributed by atoms with Crippen LogP contribution in [-0.4, -0.2) is 28.4 Å². The second kappa shape index (κ2) is 5.87. The number of carbonyl (C=O) groups is 2. The highest BCUT2D eigenvalue weighted by Gasteiger charge is 2.36. The first kappa shape index (κ1) is 16.4. The topological polar surface area (TPSA) is 57.6 Å². The monoisotopic (exact) mass is 323 g/mol. The number of aliphatic hydroxyl groups excluding tert-OH is 1. The van der Waals surface area contributed by atoms with E-state index in [1.807, 2.05) is 24.3 Å². The van der Waals surface area contributed by atoms with Gasteiger partial charge in [0.1, 0.15) is 0 Å². The Labute approximate surface area is 141 Å². The molecule has 0 spiro atoms. The third kappa shape index (κ3) is 2.85. The number of amides is 2. The predicted octanol–water partition coefficient (Wildman–Crippen LogP) is 3.31. The minimum atomic E-state index is -0.902. The molecule has 3 rings (SSSR count). The first-order valence-electron chi connectivity index (χ1n) is 8.03. The lowest BCUT2D eigenvalue weighted by atomic mass is 9.86. The van der Waals surface area contributed by atoms with Crippen LogP contribution >= 0.6 is 0 Å². The number of hydrogen-bond donors (Lipinski definition) is 1. The number of rotatable bonds is 3. The fourth-order valence-electron chi connectivity index (χ4n) is 2.89. The molecule has 0 unspecified atom stereocenters. The highest BCUT2D eigenvalue weighted by molar-refractivity contribution is 6.21. The third-order valence-corrected chi connectivity index (χ3v) is 4.40. The zero-order valence-corrected chi connectivity index (χ0v) is 14.1. The molecule has 0 saturated heterocycles. The number of hydrogen-bond acceptors (Lipinski definition) is 3. The Balaban J connectivity index is 1.77. The summed E-state index contributed by atoms with van der Waals surface area (Å²) in [4.78, 5) is 25.8. The SMILES string of the molecule is CC(C)(C)c1ccc([C@@H](O)CN2C(=O)c3ccccc3C2=O)cc1. The molecule has 0 aliphatic carbocycles. The summed E-state index contributed by atoms with van der Waals surface area (Å²) in [6, 6.07) is 14.4. The molecule has 0 fully saturated rings. The second-order valence-corrected chi connectivity index (χ2v) is 7.15. The van der Waals surface area contributed by atoms with Crippen molar-refractivity contribution >= 4 is 11.8 Å². The van der Waals surface area contributed by atoms with Gasteiger partial charge in [-0.1, -0.05) is 57.2 Å². The van der Waals surface area contributed by atoms with E-state index in [0.29, 0.717) is 16.7 Å². The van der Waals surface area contributed by atoms with Crippen LogP contribution in [-0.2, 0) is 5.41 Å². The molecular formula is C20H21NO3. The summed E-state index contributed by atoms with van der Waals surface area (Å²) < 4.78 is 0. The van der Waals surface area contributed by atoms with Gasteiger partial charge in [0.25, 0.3) is 11.8 Å². The molecular weight excluding hydrogens is 302 g/mol. The number of imide groups is 1. The van der Waals surface area contributed by atoms with Crippen LogP contribution in [0.25, 0.3) is 0 Å². The molecule has 2 aromatic carbocycles. The fourth-order valence-corrected chi connectivity index (χ4v) is 2.89. The average molecular weight is 323 g/mol. The second-order valence-electron chi connectivity index (χ2n) is 7.15. The third-order valence-electron chi connectivity index (χ3n) is 4.40. The van der Waals surface area contributed by atoms with Crippen molar-refractivity contribution in [2.24, 2.45) is 0 Å². The molecule has 1 N–H and O–H groups in total. The maximum atomic E-state index is 12.4. The van der Waals surface area contributed by atoms with E-state index < -0.39 is 6.10 Å². The van der Waals surface area contributed by atoms with Crippen LogP contribution in [0.1, 0.15) is 58.7 Å². The van der Waals surface area contributed by atoms with E-state index in [1.54, 1.807) is 24.3 Å². The van der Waals surface area contributed by atoms with E-state index in [-0.39, 0.29) is 23.8 Å². The number of fused-ring (bicyclic) bond motifs is 1. The van der Waals surface area contributed by atoms with Crippen molar-refractivity contribution in [2.75, 3.05) is 6.54 Å². The summed E-state index contributed by atoms with van der Waals surface area (Å²) in [5.74, 6) is -0.693. The first-order chi connectivity index (χ1) is 11.3. The van der Waals surface area contributed by atoms with Gasteiger partial charge in [0, 0.05) is 0 Å². The summed E-state index contributed by atoms with van der Waals surface area (Å²) in [7, 11) is 0. The number of aliphatic hydroxyl groups is 1. The summed E-state index contributed by atoms with van der Waals surface area (Å²) in [5, 5.41) is 10.4. The molecule has 0 radical (unpaired) electrons. The van der Waals surface area contributed by atoms with Crippen molar-refractivity contribution in [1.29, 1.82) is 0 Å². The molecule has 24 heavy (non-hydrogen) atoms. The van der Waals surface area contributed by atoms with E-state index in [1.165, 1.54) is 5.56 Å². The molecule has 2 aromatic rings. The van der Waals surface area contributed by atoms with Crippen molar-refractivity contribution in [1.82, 2.24) is 4.90 Å². The van der Waals surface area contributed by atoms with Crippen molar-refractivity contribution in [2.45, 2.75) is 32.3 Å². The van der Waals surface area contributed by atoms with Crippen LogP contribution in [0, 0.1) is 0 Å². The predicted molar refractivity (Wildman–Crippen MR) is 91.9 cm³/mol. The lowest BCUT2D eigenvalue weighted by Gasteiger charge is -2.21. The maximum absolute atomic E-state index is 12.4. The van der Waals surface area contributed by atoms with Gasteiger partial charge in [-0.25, -0.2) is 0 Å². The Bertz CT molecular complexity index is 752. The molecule has 1 heterocycles. The summed E-state index contributed by atoms with van der Waals surface area (Å²) in [6.45, 7) is 6.33. The Morgan fingerprint density at radius 3 is 1.88 bits per heavy atom. The summed E-state index contributed by atoms with van der Waals surface area (Å²) >= 11 is 0. The Morgan fingerprint density at radius 2 is 1.42 bits per heavy atom. The largest absolute Gasteiger partial charge is 0.387 e. The Kier molecular flexibility index (Phi) is 4.01. The van der Waals surface area contributed by atoms with Crippen molar-refractivity contribution in [3.8, 4) is 0 Å². The average Bonchev–Trinajstić information content (AvgIpc) is 2.79. The molecule has 4 nitrogen and oxygen atoms in total. The van der Waals surface area contributed by atoms with E-state index in [4.69, 9.17) is 0 Å². The minimum absolute atomic E-state index is 0.0337. The number of nitrogens with zero attached hydrogens (tertiary/aromatic N) is 1. The van der Waals surface area contributed by atoms with Crippen LogP contribution in [0.2, 0.25) is 0 Å². The first-order valence-corrected chi connectivity index (χ1v) is 8.03. The maximum Gasteiger partial charge on any atom is 0.261 e. The highest BCUT2D eigenvalue weighted by Crippen LogP contribution is 2.27. The van der Waals surface area contributed by atoms with Gasteiger partial charge >= 0.3 is 0 Å². The normalized spacial score (nSPS) is 15.6. The van der Waals surface area contributed by atoms with Crippen molar-refractivity contribution in [3.63, 3.8) is 0 Å². The molecule has 1 aliphatic heterocycles. The smallest absolute Gasteiger partial charge is 0.261 e. The molecule has 4 heteroatoms. The van der Waals surface area contributed by atoms with Crippen molar-refractivity contribution in [3.05, 3.63) is 70.8 Å². The molecule has 0 aromatic heterocycles. The Hall–Kier alpha value is -2.46. The number of β-amino-alcohol motifs (C(OH)–C–C–N with tert-alkyl or cyclic N) is 1. The molecule has 0 bridgehead atoms. The van der Waals surface area contributed by atoms with Gasteiger partial charge in [0.2, 0.25) is 0 Å². The van der Waals surface area contributed by atoms with Crippen LogP contribution in [0.5, 0.6) is 0 Å². The summed E-state index contributed by atoms with van der Waals surface area (Å²) in [6.07, 6.45) is -0.902. The molecule has 124 valence electrons. The lowest BCUT2D eigenvalue weighted by Crippen LogP contribution is -2.33. The lowest BCUT2D eigenvalue weighted by molar-refractivity contribution is 0.0543. The zero-order valence-electron chi connectivity index (χ0n) is 14.1. The van der Waals surface area contributed by atoms with E-state index in [2.05, 4.69) is 20.8 Å². The quantitative estimate of drug-likeness (QED) is 0.882. The van der Waals surface area contributed by atoms with Gasteiger partial charge < -0.3 is 5.11 Å². The zero-order chi connectivity index (χ0) is 17.5. The van der Waals surface area contributed by atoms with E-state index in [0.717, 1.165) is 4.90 Å². The van der Waals surface area contributed by atoms with Crippen LogP contribution in [0.3, 0.4) is 0 Å². The molecule has 2 amide bonds. The van der Waals surface area contributed by atoms with Crippen LogP contribution in [0.15, 0.2) is 48.5 Å². The van der Waals surface area contributed by atoms with E-state index >= 15 is 0 Å². The van der Waals surface area contributed by atoms with Crippen molar-refractivity contribution < 1.29 is 14.7 Å². The van der Waals surface area contributed by atoms with Gasteiger partial charge in [-0.15, -0.1) is 0 Å². The fraction of sp³-hybridized carbons (Fsp3) is 0.300. The molecule has 0 saturated carbocycles. The molecule has 1 atom stereocenters. The van der Waals surface area contributed by atoms with Gasteiger partial charge in [-0.3, -0.25) is 14.5 Å².